The Labute approximate surface area is 86.2 Å². The summed E-state index contributed by atoms with van der Waals surface area (Å²) in [7, 11) is 0. The molecule has 1 heterocycles. The van der Waals surface area contributed by atoms with E-state index in [-0.39, 0.29) is 5.82 Å². The lowest BCUT2D eigenvalue weighted by Gasteiger charge is -2.01. The Bertz CT molecular complexity index is 490. The first-order valence-corrected chi connectivity index (χ1v) is 4.62. The SMILES string of the molecule is Fc1cc(=S)[nH]cc1-c1ccccc1. The first-order valence-electron chi connectivity index (χ1n) is 4.21. The van der Waals surface area contributed by atoms with E-state index in [1.807, 2.05) is 30.3 Å². The van der Waals surface area contributed by atoms with Gasteiger partial charge in [-0.25, -0.2) is 4.39 Å². The summed E-state index contributed by atoms with van der Waals surface area (Å²) in [5.74, 6) is -0.292. The van der Waals surface area contributed by atoms with E-state index in [0.29, 0.717) is 10.2 Å². The van der Waals surface area contributed by atoms with Gasteiger partial charge in [0.15, 0.2) is 0 Å². The second kappa shape index (κ2) is 3.72. The fraction of sp³-hybridized carbons (Fsp3) is 0. The van der Waals surface area contributed by atoms with Gasteiger partial charge in [0.2, 0.25) is 0 Å². The molecule has 1 N–H and O–H groups in total. The molecular weight excluding hydrogens is 197 g/mol. The average Bonchev–Trinajstić information content (AvgIpc) is 2.19. The van der Waals surface area contributed by atoms with Gasteiger partial charge in [-0.15, -0.1) is 0 Å². The van der Waals surface area contributed by atoms with Crippen LogP contribution in [-0.2, 0) is 0 Å². The molecule has 0 aliphatic carbocycles. The third-order valence-electron chi connectivity index (χ3n) is 1.96. The fourth-order valence-electron chi connectivity index (χ4n) is 1.29. The van der Waals surface area contributed by atoms with Crippen LogP contribution in [0.3, 0.4) is 0 Å². The summed E-state index contributed by atoms with van der Waals surface area (Å²) in [6.45, 7) is 0. The molecule has 0 bridgehead atoms. The zero-order chi connectivity index (χ0) is 9.97. The number of pyridine rings is 1. The molecular formula is C11H8FNS. The average molecular weight is 205 g/mol. The second-order valence-corrected chi connectivity index (χ2v) is 3.36. The highest BCUT2D eigenvalue weighted by atomic mass is 32.1. The maximum Gasteiger partial charge on any atom is 0.135 e. The van der Waals surface area contributed by atoms with Crippen molar-refractivity contribution in [1.29, 1.82) is 0 Å². The Morgan fingerprint density at radius 3 is 2.50 bits per heavy atom. The van der Waals surface area contributed by atoms with Crippen molar-refractivity contribution in [2.45, 2.75) is 0 Å². The minimum absolute atomic E-state index is 0.292. The lowest BCUT2D eigenvalue weighted by molar-refractivity contribution is 0.628. The summed E-state index contributed by atoms with van der Waals surface area (Å²) in [5, 5.41) is 0. The standard InChI is InChI=1S/C11H8FNS/c12-10-6-11(14)13-7-9(10)8-4-2-1-3-5-8/h1-7H,(H,13,14). The Hall–Kier alpha value is -1.48. The summed E-state index contributed by atoms with van der Waals surface area (Å²) >= 11 is 4.81. The van der Waals surface area contributed by atoms with Crippen LogP contribution >= 0.6 is 12.2 Å². The van der Waals surface area contributed by atoms with Gasteiger partial charge in [-0.3, -0.25) is 0 Å². The first kappa shape index (κ1) is 9.09. The number of aromatic nitrogens is 1. The number of halogens is 1. The van der Waals surface area contributed by atoms with Gasteiger partial charge in [0, 0.05) is 17.8 Å². The van der Waals surface area contributed by atoms with Gasteiger partial charge in [0.1, 0.15) is 10.5 Å². The van der Waals surface area contributed by atoms with Crippen LogP contribution in [0, 0.1) is 10.5 Å². The predicted molar refractivity (Wildman–Crippen MR) is 57.0 cm³/mol. The molecule has 2 aromatic rings. The smallest absolute Gasteiger partial charge is 0.135 e. The number of H-pyrrole nitrogens is 1. The molecule has 0 radical (unpaired) electrons. The molecule has 0 saturated carbocycles. The zero-order valence-corrected chi connectivity index (χ0v) is 8.14. The number of benzene rings is 1. The molecule has 0 aliphatic rings. The zero-order valence-electron chi connectivity index (χ0n) is 7.33. The molecule has 14 heavy (non-hydrogen) atoms. The predicted octanol–water partition coefficient (Wildman–Crippen LogP) is 3.55. The van der Waals surface area contributed by atoms with Gasteiger partial charge >= 0.3 is 0 Å². The molecule has 0 fully saturated rings. The molecule has 0 amide bonds. The van der Waals surface area contributed by atoms with E-state index in [0.717, 1.165) is 5.56 Å². The lowest BCUT2D eigenvalue weighted by atomic mass is 10.1. The summed E-state index contributed by atoms with van der Waals surface area (Å²) in [6, 6.07) is 10.7. The molecule has 0 aliphatic heterocycles. The maximum atomic E-state index is 13.4. The Balaban J connectivity index is 2.58. The van der Waals surface area contributed by atoms with Crippen molar-refractivity contribution in [1.82, 2.24) is 4.98 Å². The molecule has 1 aromatic heterocycles. The summed E-state index contributed by atoms with van der Waals surface area (Å²) in [6.07, 6.45) is 1.59. The second-order valence-electron chi connectivity index (χ2n) is 2.92. The molecule has 0 unspecified atom stereocenters. The van der Waals surface area contributed by atoms with Crippen LogP contribution in [0.2, 0.25) is 0 Å². The van der Waals surface area contributed by atoms with E-state index in [1.54, 1.807) is 6.20 Å². The number of nitrogens with one attached hydrogen (secondary N) is 1. The maximum absolute atomic E-state index is 13.4. The van der Waals surface area contributed by atoms with Gasteiger partial charge in [-0.05, 0) is 5.56 Å². The topological polar surface area (TPSA) is 15.8 Å². The van der Waals surface area contributed by atoms with E-state index in [1.165, 1.54) is 6.07 Å². The molecule has 1 aromatic carbocycles. The minimum Gasteiger partial charge on any atom is -0.352 e. The normalized spacial score (nSPS) is 10.1. The van der Waals surface area contributed by atoms with Crippen LogP contribution in [0.15, 0.2) is 42.6 Å². The highest BCUT2D eigenvalue weighted by Gasteiger charge is 2.02. The Morgan fingerprint density at radius 1 is 1.14 bits per heavy atom. The van der Waals surface area contributed by atoms with Crippen LogP contribution in [0.4, 0.5) is 4.39 Å². The van der Waals surface area contributed by atoms with Crippen LogP contribution in [0.25, 0.3) is 11.1 Å². The highest BCUT2D eigenvalue weighted by Crippen LogP contribution is 2.20. The number of aromatic amines is 1. The van der Waals surface area contributed by atoms with Crippen molar-refractivity contribution in [3.8, 4) is 11.1 Å². The van der Waals surface area contributed by atoms with Gasteiger partial charge < -0.3 is 4.98 Å². The molecule has 3 heteroatoms. The van der Waals surface area contributed by atoms with E-state index >= 15 is 0 Å². The molecule has 70 valence electrons. The van der Waals surface area contributed by atoms with Crippen LogP contribution in [-0.4, -0.2) is 4.98 Å². The molecule has 1 nitrogen and oxygen atoms in total. The third kappa shape index (κ3) is 1.72. The molecule has 0 atom stereocenters. The highest BCUT2D eigenvalue weighted by molar-refractivity contribution is 7.71. The van der Waals surface area contributed by atoms with Crippen LogP contribution < -0.4 is 0 Å². The largest absolute Gasteiger partial charge is 0.352 e. The number of rotatable bonds is 1. The quantitative estimate of drug-likeness (QED) is 0.704. The van der Waals surface area contributed by atoms with Crippen LogP contribution in [0.5, 0.6) is 0 Å². The third-order valence-corrected chi connectivity index (χ3v) is 2.19. The van der Waals surface area contributed by atoms with E-state index < -0.39 is 0 Å². The van der Waals surface area contributed by atoms with Crippen molar-refractivity contribution >= 4 is 12.2 Å². The van der Waals surface area contributed by atoms with Crippen LogP contribution in [0.1, 0.15) is 0 Å². The Morgan fingerprint density at radius 2 is 1.86 bits per heavy atom. The van der Waals surface area contributed by atoms with E-state index in [9.17, 15) is 4.39 Å². The van der Waals surface area contributed by atoms with Gasteiger partial charge in [-0.1, -0.05) is 42.5 Å². The van der Waals surface area contributed by atoms with E-state index in [2.05, 4.69) is 4.98 Å². The van der Waals surface area contributed by atoms with Crippen molar-refractivity contribution in [2.75, 3.05) is 0 Å². The summed E-state index contributed by atoms with van der Waals surface area (Å²) in [4.78, 5) is 2.81. The van der Waals surface area contributed by atoms with Crippen molar-refractivity contribution in [3.05, 3.63) is 53.1 Å². The first-order chi connectivity index (χ1) is 6.77. The van der Waals surface area contributed by atoms with Crippen molar-refractivity contribution < 1.29 is 4.39 Å². The molecule has 0 saturated heterocycles. The Kier molecular flexibility index (Phi) is 2.41. The van der Waals surface area contributed by atoms with Crippen molar-refractivity contribution in [2.24, 2.45) is 0 Å². The lowest BCUT2D eigenvalue weighted by Crippen LogP contribution is -1.86. The fourth-order valence-corrected chi connectivity index (χ4v) is 1.45. The molecule has 2 rings (SSSR count). The van der Waals surface area contributed by atoms with E-state index in [4.69, 9.17) is 12.2 Å². The number of hydrogen-bond donors (Lipinski definition) is 1. The van der Waals surface area contributed by atoms with Crippen molar-refractivity contribution in [3.63, 3.8) is 0 Å². The summed E-state index contributed by atoms with van der Waals surface area (Å²) < 4.78 is 13.9. The molecule has 0 spiro atoms. The van der Waals surface area contributed by atoms with Gasteiger partial charge in [0.25, 0.3) is 0 Å². The summed E-state index contributed by atoms with van der Waals surface area (Å²) in [5.41, 5.74) is 1.38. The monoisotopic (exact) mass is 205 g/mol. The minimum atomic E-state index is -0.292. The number of hydrogen-bond acceptors (Lipinski definition) is 1. The van der Waals surface area contributed by atoms with Gasteiger partial charge in [0.05, 0.1) is 0 Å². The van der Waals surface area contributed by atoms with Gasteiger partial charge in [-0.2, -0.15) is 0 Å².